The van der Waals surface area contributed by atoms with Crippen LogP contribution in [0, 0.1) is 11.3 Å². The highest BCUT2D eigenvalue weighted by Crippen LogP contribution is 2.45. The molecule has 3 rings (SSSR count). The first-order valence-corrected chi connectivity index (χ1v) is 13.1. The number of fused-ring (bicyclic) bond motifs is 1. The number of carbonyl (C=O) groups is 2. The molecule has 1 aromatic rings. The average molecular weight is 503 g/mol. The van der Waals surface area contributed by atoms with E-state index in [4.69, 9.17) is 14.3 Å². The maximum absolute atomic E-state index is 13.4. The molecule has 0 aliphatic carbocycles. The van der Waals surface area contributed by atoms with Crippen molar-refractivity contribution in [2.45, 2.75) is 72.3 Å². The third-order valence-corrected chi connectivity index (χ3v) is 6.99. The van der Waals surface area contributed by atoms with Crippen molar-refractivity contribution < 1.29 is 29.0 Å². The first kappa shape index (κ1) is 28.0. The molecule has 200 valence electrons. The van der Waals surface area contributed by atoms with Crippen LogP contribution in [0.3, 0.4) is 0 Å². The highest BCUT2D eigenvalue weighted by molar-refractivity contribution is 5.78. The molecule has 2 aliphatic heterocycles. The minimum absolute atomic E-state index is 0.120. The summed E-state index contributed by atoms with van der Waals surface area (Å²) in [5.74, 6) is -0.614. The molecule has 0 radical (unpaired) electrons. The predicted molar refractivity (Wildman–Crippen MR) is 138 cm³/mol. The van der Waals surface area contributed by atoms with Gasteiger partial charge in [-0.05, 0) is 49.3 Å². The maximum Gasteiger partial charge on any atom is 0.308 e. The summed E-state index contributed by atoms with van der Waals surface area (Å²) in [4.78, 5) is 33.9. The van der Waals surface area contributed by atoms with Crippen LogP contribution in [0.25, 0.3) is 0 Å². The molecule has 0 bridgehead atoms. The van der Waals surface area contributed by atoms with Gasteiger partial charge in [0.2, 0.25) is 6.79 Å². The summed E-state index contributed by atoms with van der Waals surface area (Å²) in [7, 11) is 0. The number of hydroxylamine groups is 2. The summed E-state index contributed by atoms with van der Waals surface area (Å²) >= 11 is 0. The summed E-state index contributed by atoms with van der Waals surface area (Å²) in [6.07, 6.45) is 7.35. The van der Waals surface area contributed by atoms with Gasteiger partial charge in [0.05, 0.1) is 19.1 Å². The van der Waals surface area contributed by atoms with Gasteiger partial charge in [0, 0.05) is 25.0 Å². The highest BCUT2D eigenvalue weighted by atomic mass is 16.7. The van der Waals surface area contributed by atoms with Gasteiger partial charge >= 0.3 is 5.97 Å². The van der Waals surface area contributed by atoms with E-state index < -0.39 is 11.9 Å². The molecular formula is C28H42N2O6. The van der Waals surface area contributed by atoms with E-state index in [0.717, 1.165) is 24.8 Å². The summed E-state index contributed by atoms with van der Waals surface area (Å²) < 4.78 is 11.0. The Balaban J connectivity index is 1.91. The molecule has 1 N–H and O–H groups in total. The number of benzene rings is 1. The Morgan fingerprint density at radius 3 is 2.64 bits per heavy atom. The van der Waals surface area contributed by atoms with Crippen molar-refractivity contribution in [1.82, 2.24) is 9.96 Å². The molecule has 1 amide bonds. The molecule has 1 saturated heterocycles. The van der Waals surface area contributed by atoms with Crippen molar-refractivity contribution in [3.05, 3.63) is 35.9 Å². The van der Waals surface area contributed by atoms with Crippen LogP contribution in [0.4, 0.5) is 0 Å². The number of allylic oxidation sites excluding steroid dienone is 2. The number of ether oxygens (including phenoxy) is 2. The summed E-state index contributed by atoms with van der Waals surface area (Å²) in [5, 5.41) is 11.9. The minimum Gasteiger partial charge on any atom is -0.481 e. The third-order valence-electron chi connectivity index (χ3n) is 6.99. The number of rotatable bonds is 13. The second kappa shape index (κ2) is 12.6. The molecule has 0 aromatic heterocycles. The molecule has 1 fully saturated rings. The van der Waals surface area contributed by atoms with E-state index in [-0.39, 0.29) is 36.6 Å². The van der Waals surface area contributed by atoms with E-state index >= 15 is 0 Å². The topological polar surface area (TPSA) is 88.5 Å². The molecule has 0 spiro atoms. The second-order valence-corrected chi connectivity index (χ2v) is 10.5. The summed E-state index contributed by atoms with van der Waals surface area (Å²) in [5.41, 5.74) is 0.666. The van der Waals surface area contributed by atoms with E-state index in [0.29, 0.717) is 37.6 Å². The van der Waals surface area contributed by atoms with Gasteiger partial charge in [-0.3, -0.25) is 19.3 Å². The fourth-order valence-electron chi connectivity index (χ4n) is 5.30. The van der Waals surface area contributed by atoms with Crippen LogP contribution in [0.15, 0.2) is 30.4 Å². The van der Waals surface area contributed by atoms with E-state index in [2.05, 4.69) is 31.7 Å². The minimum atomic E-state index is -0.848. The Kier molecular flexibility index (Phi) is 9.79. The quantitative estimate of drug-likeness (QED) is 0.305. The zero-order valence-corrected chi connectivity index (χ0v) is 22.4. The van der Waals surface area contributed by atoms with Gasteiger partial charge in [-0.1, -0.05) is 52.3 Å². The smallest absolute Gasteiger partial charge is 0.308 e. The zero-order valence-electron chi connectivity index (χ0n) is 22.4. The van der Waals surface area contributed by atoms with Crippen molar-refractivity contribution in [3.63, 3.8) is 0 Å². The lowest BCUT2D eigenvalue weighted by molar-refractivity contribution is -0.188. The Labute approximate surface area is 215 Å². The number of unbranched alkanes of at least 4 members (excludes halogenated alkanes) is 1. The van der Waals surface area contributed by atoms with E-state index in [1.54, 1.807) is 0 Å². The Morgan fingerprint density at radius 1 is 1.22 bits per heavy atom. The van der Waals surface area contributed by atoms with Crippen molar-refractivity contribution >= 4 is 11.9 Å². The SMILES string of the molecule is CC=CC(C)(C)C[C@H]1[C@H](C(=O)O)[C@@H](c2ccc3c(c2)OCO3)CN1CC(=O)N(CCCC)OCCC. The number of nitrogens with zero attached hydrogens (tertiary/aromatic N) is 2. The zero-order chi connectivity index (χ0) is 26.3. The van der Waals surface area contributed by atoms with Gasteiger partial charge in [0.15, 0.2) is 11.5 Å². The van der Waals surface area contributed by atoms with E-state index in [1.165, 1.54) is 5.06 Å². The van der Waals surface area contributed by atoms with Crippen molar-refractivity contribution in [2.75, 3.05) is 33.0 Å². The van der Waals surface area contributed by atoms with Gasteiger partial charge in [0.25, 0.3) is 5.91 Å². The number of carboxylic acid groups (broad SMARTS) is 1. The van der Waals surface area contributed by atoms with Crippen LogP contribution in [-0.4, -0.2) is 66.0 Å². The van der Waals surface area contributed by atoms with Crippen LogP contribution < -0.4 is 9.47 Å². The first-order valence-electron chi connectivity index (χ1n) is 13.1. The van der Waals surface area contributed by atoms with Gasteiger partial charge in [-0.25, -0.2) is 5.06 Å². The van der Waals surface area contributed by atoms with Crippen molar-refractivity contribution in [3.8, 4) is 11.5 Å². The monoisotopic (exact) mass is 502 g/mol. The Morgan fingerprint density at radius 2 is 1.97 bits per heavy atom. The lowest BCUT2D eigenvalue weighted by atomic mass is 9.77. The van der Waals surface area contributed by atoms with E-state index in [1.807, 2.05) is 38.1 Å². The number of aliphatic carboxylic acids is 1. The molecule has 0 unspecified atom stereocenters. The van der Waals surface area contributed by atoms with Crippen LogP contribution in [0.1, 0.15) is 71.8 Å². The number of hydrogen-bond acceptors (Lipinski definition) is 6. The molecule has 1 aromatic carbocycles. The second-order valence-electron chi connectivity index (χ2n) is 10.5. The molecule has 36 heavy (non-hydrogen) atoms. The normalized spacial score (nSPS) is 21.9. The lowest BCUT2D eigenvalue weighted by Gasteiger charge is -2.33. The summed E-state index contributed by atoms with van der Waals surface area (Å²) in [6.45, 7) is 12.0. The average Bonchev–Trinajstić information content (AvgIpc) is 3.43. The lowest BCUT2D eigenvalue weighted by Crippen LogP contribution is -2.45. The van der Waals surface area contributed by atoms with Gasteiger partial charge < -0.3 is 14.6 Å². The molecule has 3 atom stereocenters. The van der Waals surface area contributed by atoms with Gasteiger partial charge in [-0.15, -0.1) is 0 Å². The molecule has 8 nitrogen and oxygen atoms in total. The van der Waals surface area contributed by atoms with E-state index in [9.17, 15) is 14.7 Å². The largest absolute Gasteiger partial charge is 0.481 e. The van der Waals surface area contributed by atoms with Crippen LogP contribution >= 0.6 is 0 Å². The predicted octanol–water partition coefficient (Wildman–Crippen LogP) is 4.85. The Hall–Kier alpha value is -2.58. The summed E-state index contributed by atoms with van der Waals surface area (Å²) in [6, 6.07) is 5.34. The molecule has 2 aliphatic rings. The van der Waals surface area contributed by atoms with Gasteiger partial charge in [0.1, 0.15) is 0 Å². The number of likely N-dealkylation sites (tertiary alicyclic amines) is 1. The molecule has 2 heterocycles. The van der Waals surface area contributed by atoms with Crippen LogP contribution in [-0.2, 0) is 14.4 Å². The van der Waals surface area contributed by atoms with Crippen LogP contribution in [0.2, 0.25) is 0 Å². The van der Waals surface area contributed by atoms with Crippen molar-refractivity contribution in [2.24, 2.45) is 11.3 Å². The number of carboxylic acids is 1. The first-order chi connectivity index (χ1) is 17.2. The fraction of sp³-hybridized carbons (Fsp3) is 0.643. The molecular weight excluding hydrogens is 460 g/mol. The van der Waals surface area contributed by atoms with Crippen LogP contribution in [0.5, 0.6) is 11.5 Å². The standard InChI is InChI=1S/C28H42N2O6/c1-6-9-13-30(36-14-8-3)25(31)18-29-17-21(20-10-11-23-24(15-20)35-19-34-23)26(27(32)33)22(29)16-28(4,5)12-7-2/h7,10-12,15,21-22,26H,6,8-9,13-14,16-19H2,1-5H3,(H,32,33)/t21-,22+,26-/m1/s1. The highest BCUT2D eigenvalue weighted by Gasteiger charge is 2.48. The Bertz CT molecular complexity index is 923. The molecule has 8 heteroatoms. The maximum atomic E-state index is 13.4. The van der Waals surface area contributed by atoms with Crippen molar-refractivity contribution in [1.29, 1.82) is 0 Å². The van der Waals surface area contributed by atoms with Gasteiger partial charge in [-0.2, -0.15) is 0 Å². The number of hydrogen-bond donors (Lipinski definition) is 1. The number of carbonyl (C=O) groups excluding carboxylic acids is 1. The number of amides is 1. The molecule has 0 saturated carbocycles. The third kappa shape index (κ3) is 6.79. The fourth-order valence-corrected chi connectivity index (χ4v) is 5.30.